The van der Waals surface area contributed by atoms with E-state index in [4.69, 9.17) is 4.74 Å². The van der Waals surface area contributed by atoms with Crippen molar-refractivity contribution < 1.29 is 24.5 Å². The lowest BCUT2D eigenvalue weighted by molar-refractivity contribution is -0.143. The predicted octanol–water partition coefficient (Wildman–Crippen LogP) is 22.1. The number of aliphatic hydroxyl groups excluding tert-OH is 2. The molecule has 0 aliphatic carbocycles. The van der Waals surface area contributed by atoms with Crippen LogP contribution in [0.5, 0.6) is 0 Å². The highest BCUT2D eigenvalue weighted by molar-refractivity contribution is 5.76. The summed E-state index contributed by atoms with van der Waals surface area (Å²) in [5.74, 6) is -0.0337. The molecular formula is C71H133NO5. The number of aliphatic hydroxyl groups is 2. The Bertz CT molecular complexity index is 1290. The van der Waals surface area contributed by atoms with Crippen molar-refractivity contribution in [3.8, 4) is 0 Å². The van der Waals surface area contributed by atoms with Gasteiger partial charge in [0.25, 0.3) is 0 Å². The number of allylic oxidation sites excluding steroid dienone is 8. The van der Waals surface area contributed by atoms with E-state index in [2.05, 4.69) is 67.8 Å². The van der Waals surface area contributed by atoms with Crippen LogP contribution in [0.1, 0.15) is 367 Å². The van der Waals surface area contributed by atoms with Crippen molar-refractivity contribution in [2.45, 2.75) is 379 Å². The van der Waals surface area contributed by atoms with Gasteiger partial charge in [0.15, 0.2) is 0 Å². The van der Waals surface area contributed by atoms with Gasteiger partial charge in [0.1, 0.15) is 0 Å². The van der Waals surface area contributed by atoms with Gasteiger partial charge in [-0.05, 0) is 89.9 Å². The molecule has 0 fully saturated rings. The van der Waals surface area contributed by atoms with Crippen LogP contribution < -0.4 is 5.32 Å². The topological polar surface area (TPSA) is 95.9 Å². The second-order valence-corrected chi connectivity index (χ2v) is 23.5. The zero-order valence-corrected chi connectivity index (χ0v) is 51.7. The number of esters is 1. The first kappa shape index (κ1) is 74.8. The van der Waals surface area contributed by atoms with Crippen LogP contribution in [-0.4, -0.2) is 47.4 Å². The fourth-order valence-electron chi connectivity index (χ4n) is 10.6. The van der Waals surface area contributed by atoms with Crippen LogP contribution in [-0.2, 0) is 14.3 Å². The van der Waals surface area contributed by atoms with E-state index in [9.17, 15) is 19.8 Å². The number of hydrogen-bond acceptors (Lipinski definition) is 5. The Morgan fingerprint density at radius 3 is 1.00 bits per heavy atom. The molecule has 0 saturated carbocycles. The lowest BCUT2D eigenvalue weighted by Crippen LogP contribution is -2.45. The summed E-state index contributed by atoms with van der Waals surface area (Å²) in [4.78, 5) is 24.6. The summed E-state index contributed by atoms with van der Waals surface area (Å²) in [5.41, 5.74) is 0. The molecule has 0 aromatic heterocycles. The number of amides is 1. The lowest BCUT2D eigenvalue weighted by atomic mass is 10.0. The van der Waals surface area contributed by atoms with Gasteiger partial charge in [0, 0.05) is 12.8 Å². The molecule has 6 nitrogen and oxygen atoms in total. The zero-order valence-electron chi connectivity index (χ0n) is 51.7. The molecule has 0 saturated heterocycles. The molecule has 0 rings (SSSR count). The van der Waals surface area contributed by atoms with Gasteiger partial charge in [-0.3, -0.25) is 9.59 Å². The molecule has 0 radical (unpaired) electrons. The largest absolute Gasteiger partial charge is 0.466 e. The Morgan fingerprint density at radius 1 is 0.364 bits per heavy atom. The summed E-state index contributed by atoms with van der Waals surface area (Å²) in [7, 11) is 0. The molecule has 0 aliphatic rings. The maximum Gasteiger partial charge on any atom is 0.305 e. The fraction of sp³-hybridized carbons (Fsp3) is 0.859. The summed E-state index contributed by atoms with van der Waals surface area (Å²) < 4.78 is 5.48. The maximum absolute atomic E-state index is 12.5. The Morgan fingerprint density at radius 2 is 0.649 bits per heavy atom. The molecule has 77 heavy (non-hydrogen) atoms. The van der Waals surface area contributed by atoms with Crippen molar-refractivity contribution in [1.82, 2.24) is 5.32 Å². The van der Waals surface area contributed by atoms with E-state index in [1.54, 1.807) is 0 Å². The summed E-state index contributed by atoms with van der Waals surface area (Å²) in [6.07, 6.45) is 85.8. The lowest BCUT2D eigenvalue weighted by Gasteiger charge is -2.22. The highest BCUT2D eigenvalue weighted by atomic mass is 16.5. The van der Waals surface area contributed by atoms with Gasteiger partial charge < -0.3 is 20.3 Å². The molecule has 0 aliphatic heterocycles. The van der Waals surface area contributed by atoms with Gasteiger partial charge in [-0.2, -0.15) is 0 Å². The number of rotatable bonds is 64. The molecule has 0 heterocycles. The summed E-state index contributed by atoms with van der Waals surface area (Å²) in [6.45, 7) is 4.94. The number of carbonyl (C=O) groups excluding carboxylic acids is 2. The Labute approximate surface area is 480 Å². The monoisotopic (exact) mass is 1080 g/mol. The summed E-state index contributed by atoms with van der Waals surface area (Å²) >= 11 is 0. The molecule has 452 valence electrons. The van der Waals surface area contributed by atoms with E-state index in [-0.39, 0.29) is 18.5 Å². The molecule has 2 atom stereocenters. The van der Waals surface area contributed by atoms with Crippen LogP contribution in [0, 0.1) is 0 Å². The maximum atomic E-state index is 12.5. The van der Waals surface area contributed by atoms with Crippen LogP contribution >= 0.6 is 0 Å². The Hall–Kier alpha value is -2.18. The number of unbranched alkanes of at least 4 members (excludes halogenated alkanes) is 45. The highest BCUT2D eigenvalue weighted by Crippen LogP contribution is 2.18. The smallest absolute Gasteiger partial charge is 0.305 e. The summed E-state index contributed by atoms with van der Waals surface area (Å²) in [6, 6.07) is -0.541. The minimum Gasteiger partial charge on any atom is -0.466 e. The molecule has 6 heteroatoms. The van der Waals surface area contributed by atoms with E-state index in [1.165, 1.54) is 276 Å². The van der Waals surface area contributed by atoms with Gasteiger partial charge in [-0.1, -0.05) is 313 Å². The highest BCUT2D eigenvalue weighted by Gasteiger charge is 2.20. The third kappa shape index (κ3) is 62.9. The van der Waals surface area contributed by atoms with E-state index in [0.717, 1.165) is 57.8 Å². The van der Waals surface area contributed by atoms with E-state index in [1.807, 2.05) is 0 Å². The van der Waals surface area contributed by atoms with Gasteiger partial charge in [0.05, 0.1) is 25.4 Å². The number of carbonyl (C=O) groups is 2. The average Bonchev–Trinajstić information content (AvgIpc) is 3.43. The first-order valence-corrected chi connectivity index (χ1v) is 34.4. The van der Waals surface area contributed by atoms with Crippen molar-refractivity contribution in [2.24, 2.45) is 0 Å². The van der Waals surface area contributed by atoms with Crippen LogP contribution in [0.25, 0.3) is 0 Å². The molecule has 0 bridgehead atoms. The van der Waals surface area contributed by atoms with Crippen LogP contribution in [0.4, 0.5) is 0 Å². The Kier molecular flexibility index (Phi) is 64.5. The van der Waals surface area contributed by atoms with E-state index in [0.29, 0.717) is 25.9 Å². The second kappa shape index (κ2) is 66.3. The van der Waals surface area contributed by atoms with Crippen molar-refractivity contribution >= 4 is 11.9 Å². The number of hydrogen-bond donors (Lipinski definition) is 3. The molecule has 3 N–H and O–H groups in total. The summed E-state index contributed by atoms with van der Waals surface area (Å²) in [5, 5.41) is 23.3. The van der Waals surface area contributed by atoms with Crippen molar-refractivity contribution in [3.63, 3.8) is 0 Å². The third-order valence-corrected chi connectivity index (χ3v) is 15.9. The van der Waals surface area contributed by atoms with Crippen LogP contribution in [0.3, 0.4) is 0 Å². The van der Waals surface area contributed by atoms with E-state index >= 15 is 0 Å². The molecule has 2 unspecified atom stereocenters. The first-order chi connectivity index (χ1) is 38.0. The second-order valence-electron chi connectivity index (χ2n) is 23.5. The van der Waals surface area contributed by atoms with Crippen molar-refractivity contribution in [1.29, 1.82) is 0 Å². The third-order valence-electron chi connectivity index (χ3n) is 15.9. The van der Waals surface area contributed by atoms with Crippen molar-refractivity contribution in [3.05, 3.63) is 48.6 Å². The normalized spacial score (nSPS) is 12.8. The van der Waals surface area contributed by atoms with E-state index < -0.39 is 12.1 Å². The van der Waals surface area contributed by atoms with Crippen LogP contribution in [0.15, 0.2) is 48.6 Å². The van der Waals surface area contributed by atoms with Crippen molar-refractivity contribution in [2.75, 3.05) is 13.2 Å². The minimum absolute atomic E-state index is 0.000335. The van der Waals surface area contributed by atoms with Gasteiger partial charge in [-0.15, -0.1) is 0 Å². The average molecular weight is 1080 g/mol. The van der Waals surface area contributed by atoms with Gasteiger partial charge >= 0.3 is 5.97 Å². The first-order valence-electron chi connectivity index (χ1n) is 34.4. The Balaban J connectivity index is 3.39. The molecular weight excluding hydrogens is 947 g/mol. The molecule has 1 amide bonds. The quantitative estimate of drug-likeness (QED) is 0.0320. The predicted molar refractivity (Wildman–Crippen MR) is 338 cm³/mol. The number of ether oxygens (including phenoxy) is 1. The molecule has 0 aromatic rings. The molecule has 0 aromatic carbocycles. The standard InChI is InChI=1S/C71H133NO5/c1-3-5-7-9-11-13-15-17-18-37-41-45-49-53-57-61-65-71(76)77-66-62-58-54-50-46-42-38-35-33-31-29-27-25-23-21-19-20-22-24-26-28-30-32-34-36-40-44-48-52-56-60-64-70(75)72-68(67-73)69(74)63-59-55-51-47-43-39-16-14-12-10-8-6-4-2/h13,15,18,21,23,27,29,37,68-69,73-74H,3-12,14,16-17,19-20,22,24-26,28,30-36,38-67H2,1-2H3,(H,72,75)/b15-13-,23-21-,29-27-,37-18-. The van der Waals surface area contributed by atoms with Gasteiger partial charge in [-0.25, -0.2) is 0 Å². The van der Waals surface area contributed by atoms with Gasteiger partial charge in [0.2, 0.25) is 5.91 Å². The fourth-order valence-corrected chi connectivity index (χ4v) is 10.6. The van der Waals surface area contributed by atoms with Crippen LogP contribution in [0.2, 0.25) is 0 Å². The SMILES string of the molecule is CCCCCC/C=C\C/C=C\CCCCCCCC(=O)OCCCCCCCCCCC/C=C\C/C=C\CCCCCCCCCCCCCCCCCC(=O)NC(CO)C(O)CCCCCCCCCCCCCCC. The molecule has 0 spiro atoms. The minimum atomic E-state index is -0.664. The number of nitrogens with one attached hydrogen (secondary N) is 1. The zero-order chi connectivity index (χ0) is 55.7.